The number of carbonyl (C=O) groups excluding carboxylic acids is 3. The molecule has 2 aromatic rings. The molecule has 0 aliphatic carbocycles. The zero-order valence-corrected chi connectivity index (χ0v) is 13.2. The SMILES string of the molecule is O=C(COC(=O)c1cc[n+]([O-])cc1)NCC(=O)Nc1ccc(F)c(F)c1. The highest BCUT2D eigenvalue weighted by molar-refractivity contribution is 5.95. The molecule has 0 unspecified atom stereocenters. The Labute approximate surface area is 146 Å². The number of carbonyl (C=O) groups is 3. The number of aromatic nitrogens is 1. The molecule has 0 saturated heterocycles. The fourth-order valence-corrected chi connectivity index (χ4v) is 1.77. The summed E-state index contributed by atoms with van der Waals surface area (Å²) in [6, 6.07) is 5.25. The smallest absolute Gasteiger partial charge is 0.339 e. The number of esters is 1. The number of amides is 2. The van der Waals surface area contributed by atoms with E-state index in [0.29, 0.717) is 4.73 Å². The number of nitrogens with one attached hydrogen (secondary N) is 2. The van der Waals surface area contributed by atoms with Gasteiger partial charge in [0.15, 0.2) is 30.6 Å². The number of nitrogens with zero attached hydrogens (tertiary/aromatic N) is 1. The van der Waals surface area contributed by atoms with E-state index in [2.05, 4.69) is 10.6 Å². The minimum absolute atomic E-state index is 0.0225. The van der Waals surface area contributed by atoms with E-state index in [1.807, 2.05) is 0 Å². The molecule has 2 N–H and O–H groups in total. The number of halogens is 2. The molecule has 0 aliphatic rings. The molecular weight excluding hydrogens is 352 g/mol. The molecule has 0 spiro atoms. The van der Waals surface area contributed by atoms with Gasteiger partial charge in [0, 0.05) is 23.9 Å². The fraction of sp³-hybridized carbons (Fsp3) is 0.125. The molecule has 1 aromatic heterocycles. The average Bonchev–Trinajstić information content (AvgIpc) is 2.61. The maximum Gasteiger partial charge on any atom is 0.339 e. The van der Waals surface area contributed by atoms with Crippen molar-refractivity contribution in [2.45, 2.75) is 0 Å². The van der Waals surface area contributed by atoms with E-state index in [4.69, 9.17) is 4.74 Å². The summed E-state index contributed by atoms with van der Waals surface area (Å²) in [6.45, 7) is -1.10. The third-order valence-corrected chi connectivity index (χ3v) is 3.02. The quantitative estimate of drug-likeness (QED) is 0.440. The average molecular weight is 365 g/mol. The van der Waals surface area contributed by atoms with E-state index in [0.717, 1.165) is 30.6 Å². The summed E-state index contributed by atoms with van der Waals surface area (Å²) >= 11 is 0. The Morgan fingerprint density at radius 1 is 1.04 bits per heavy atom. The van der Waals surface area contributed by atoms with Crippen molar-refractivity contribution in [1.82, 2.24) is 5.32 Å². The Morgan fingerprint density at radius 3 is 2.38 bits per heavy atom. The predicted octanol–water partition coefficient (Wildman–Crippen LogP) is 0.510. The van der Waals surface area contributed by atoms with Crippen LogP contribution in [0.15, 0.2) is 42.7 Å². The minimum Gasteiger partial charge on any atom is -0.619 e. The topological polar surface area (TPSA) is 111 Å². The van der Waals surface area contributed by atoms with Gasteiger partial charge in [-0.3, -0.25) is 9.59 Å². The van der Waals surface area contributed by atoms with Crippen molar-refractivity contribution in [2.75, 3.05) is 18.5 Å². The van der Waals surface area contributed by atoms with Crippen LogP contribution >= 0.6 is 0 Å². The molecule has 8 nitrogen and oxygen atoms in total. The highest BCUT2D eigenvalue weighted by atomic mass is 19.2. The van der Waals surface area contributed by atoms with Gasteiger partial charge in [-0.1, -0.05) is 0 Å². The lowest BCUT2D eigenvalue weighted by Crippen LogP contribution is -2.35. The van der Waals surface area contributed by atoms with Gasteiger partial charge in [-0.2, -0.15) is 4.73 Å². The Morgan fingerprint density at radius 2 is 1.73 bits per heavy atom. The third kappa shape index (κ3) is 5.51. The lowest BCUT2D eigenvalue weighted by atomic mass is 10.3. The second-order valence-corrected chi connectivity index (χ2v) is 4.98. The normalized spacial score (nSPS) is 10.1. The number of hydrogen-bond donors (Lipinski definition) is 2. The molecule has 0 saturated carbocycles. The van der Waals surface area contributed by atoms with Gasteiger partial charge in [-0.05, 0) is 12.1 Å². The van der Waals surface area contributed by atoms with Gasteiger partial charge in [0.2, 0.25) is 5.91 Å². The van der Waals surface area contributed by atoms with Crippen molar-refractivity contribution >= 4 is 23.5 Å². The Hall–Kier alpha value is -3.56. The van der Waals surface area contributed by atoms with Crippen LogP contribution in [-0.4, -0.2) is 30.9 Å². The molecule has 0 bridgehead atoms. The first-order chi connectivity index (χ1) is 12.3. The van der Waals surface area contributed by atoms with Crippen LogP contribution in [-0.2, 0) is 14.3 Å². The van der Waals surface area contributed by atoms with Gasteiger partial charge < -0.3 is 20.6 Å². The molecule has 26 heavy (non-hydrogen) atoms. The van der Waals surface area contributed by atoms with E-state index >= 15 is 0 Å². The van der Waals surface area contributed by atoms with E-state index in [-0.39, 0.29) is 11.3 Å². The summed E-state index contributed by atoms with van der Waals surface area (Å²) in [5.41, 5.74) is 0.107. The molecule has 2 amide bonds. The second kappa shape index (κ2) is 8.51. The van der Waals surface area contributed by atoms with Crippen LogP contribution in [0.25, 0.3) is 0 Å². The molecule has 0 radical (unpaired) electrons. The van der Waals surface area contributed by atoms with Crippen molar-refractivity contribution in [3.05, 3.63) is 65.1 Å². The van der Waals surface area contributed by atoms with Crippen molar-refractivity contribution in [3.8, 4) is 0 Å². The van der Waals surface area contributed by atoms with Crippen LogP contribution in [0.1, 0.15) is 10.4 Å². The second-order valence-electron chi connectivity index (χ2n) is 4.98. The van der Waals surface area contributed by atoms with Gasteiger partial charge in [0.05, 0.1) is 12.1 Å². The summed E-state index contributed by atoms with van der Waals surface area (Å²) in [7, 11) is 0. The number of hydrogen-bond acceptors (Lipinski definition) is 5. The van der Waals surface area contributed by atoms with Gasteiger partial charge in [0.25, 0.3) is 5.91 Å². The van der Waals surface area contributed by atoms with E-state index in [1.165, 1.54) is 12.1 Å². The van der Waals surface area contributed by atoms with Crippen molar-refractivity contribution in [2.24, 2.45) is 0 Å². The number of pyridine rings is 1. The molecule has 0 fully saturated rings. The summed E-state index contributed by atoms with van der Waals surface area (Å²) in [5, 5.41) is 15.3. The van der Waals surface area contributed by atoms with Gasteiger partial charge in [-0.25, -0.2) is 13.6 Å². The van der Waals surface area contributed by atoms with Crippen LogP contribution in [0.4, 0.5) is 14.5 Å². The lowest BCUT2D eigenvalue weighted by molar-refractivity contribution is -0.605. The maximum atomic E-state index is 13.0. The van der Waals surface area contributed by atoms with Crippen LogP contribution in [0.5, 0.6) is 0 Å². The standard InChI is InChI=1S/C16H13F2N3O5/c17-12-2-1-11(7-13(12)18)20-14(22)8-19-15(23)9-26-16(24)10-3-5-21(25)6-4-10/h1-7H,8-9H2,(H,19,23)(H,20,22). The Bertz CT molecular complexity index is 827. The van der Waals surface area contributed by atoms with Crippen LogP contribution in [0.3, 0.4) is 0 Å². The van der Waals surface area contributed by atoms with Crippen LogP contribution in [0.2, 0.25) is 0 Å². The van der Waals surface area contributed by atoms with Gasteiger partial charge in [0.1, 0.15) is 0 Å². The number of rotatable bonds is 6. The van der Waals surface area contributed by atoms with E-state index < -0.39 is 42.6 Å². The summed E-state index contributed by atoms with van der Waals surface area (Å²) in [6.07, 6.45) is 2.19. The largest absolute Gasteiger partial charge is 0.619 e. The maximum absolute atomic E-state index is 13.0. The monoisotopic (exact) mass is 365 g/mol. The highest BCUT2D eigenvalue weighted by Gasteiger charge is 2.12. The number of benzene rings is 1. The lowest BCUT2D eigenvalue weighted by Gasteiger charge is -2.08. The predicted molar refractivity (Wildman–Crippen MR) is 83.7 cm³/mol. The molecule has 0 atom stereocenters. The number of ether oxygens (including phenoxy) is 1. The fourth-order valence-electron chi connectivity index (χ4n) is 1.77. The zero-order valence-electron chi connectivity index (χ0n) is 13.2. The van der Waals surface area contributed by atoms with Crippen LogP contribution < -0.4 is 15.4 Å². The first-order valence-electron chi connectivity index (χ1n) is 7.22. The first-order valence-corrected chi connectivity index (χ1v) is 7.22. The van der Waals surface area contributed by atoms with Crippen molar-refractivity contribution in [1.29, 1.82) is 0 Å². The first kappa shape index (κ1) is 18.8. The number of anilines is 1. The molecular formula is C16H13F2N3O5. The minimum atomic E-state index is -1.12. The van der Waals surface area contributed by atoms with E-state index in [1.54, 1.807) is 0 Å². The van der Waals surface area contributed by atoms with Crippen molar-refractivity contribution < 1.29 is 32.6 Å². The molecule has 2 rings (SSSR count). The third-order valence-electron chi connectivity index (χ3n) is 3.02. The summed E-state index contributed by atoms with van der Waals surface area (Å²) < 4.78 is 31.0. The summed E-state index contributed by atoms with van der Waals surface area (Å²) in [5.74, 6) is -4.41. The Kier molecular flexibility index (Phi) is 6.15. The molecule has 10 heteroatoms. The molecule has 0 aliphatic heterocycles. The van der Waals surface area contributed by atoms with E-state index in [9.17, 15) is 28.4 Å². The molecule has 1 aromatic carbocycles. The van der Waals surface area contributed by atoms with Gasteiger partial charge in [-0.15, -0.1) is 0 Å². The highest BCUT2D eigenvalue weighted by Crippen LogP contribution is 2.12. The molecule has 1 heterocycles. The van der Waals surface area contributed by atoms with Crippen molar-refractivity contribution in [3.63, 3.8) is 0 Å². The summed E-state index contributed by atoms with van der Waals surface area (Å²) in [4.78, 5) is 34.8. The molecule has 136 valence electrons. The zero-order chi connectivity index (χ0) is 19.1. The van der Waals surface area contributed by atoms with Gasteiger partial charge >= 0.3 is 5.97 Å². The van der Waals surface area contributed by atoms with Crippen LogP contribution in [0, 0.1) is 16.8 Å². The Balaban J connectivity index is 1.73.